The standard InChI is InChI=1S/C26H30N4O/c1-3-4-23-25(30(2)18-21-7-5-20(17-27)6-8-21)12-10-22-24(29-31-26(22)23)11-9-19-13-15-28-16-14-19/h3-8,10,12,19,28H,9,11,13-16,18H2,1-2H3/b4-3+. The van der Waals surface area contributed by atoms with Gasteiger partial charge in [0.25, 0.3) is 0 Å². The van der Waals surface area contributed by atoms with E-state index in [9.17, 15) is 0 Å². The van der Waals surface area contributed by atoms with Crippen LogP contribution in [0.5, 0.6) is 0 Å². The van der Waals surface area contributed by atoms with Gasteiger partial charge in [-0.15, -0.1) is 0 Å². The predicted octanol–water partition coefficient (Wildman–Crippen LogP) is 5.30. The van der Waals surface area contributed by atoms with Crippen molar-refractivity contribution in [1.82, 2.24) is 10.5 Å². The molecule has 4 rings (SSSR count). The summed E-state index contributed by atoms with van der Waals surface area (Å²) in [5.41, 5.74) is 5.95. The molecule has 1 aromatic heterocycles. The monoisotopic (exact) mass is 414 g/mol. The molecule has 0 bridgehead atoms. The van der Waals surface area contributed by atoms with Crippen LogP contribution in [0, 0.1) is 17.2 Å². The Morgan fingerprint density at radius 2 is 1.97 bits per heavy atom. The molecule has 31 heavy (non-hydrogen) atoms. The summed E-state index contributed by atoms with van der Waals surface area (Å²) in [6, 6.07) is 14.3. The number of piperidine rings is 1. The Hall–Kier alpha value is -3.10. The lowest BCUT2D eigenvalue weighted by atomic mass is 9.92. The molecule has 0 aliphatic carbocycles. The van der Waals surface area contributed by atoms with Crippen LogP contribution in [0.3, 0.4) is 0 Å². The zero-order chi connectivity index (χ0) is 21.6. The van der Waals surface area contributed by atoms with Gasteiger partial charge in [0.05, 0.1) is 17.3 Å². The molecule has 1 aliphatic heterocycles. The Balaban J connectivity index is 1.57. The summed E-state index contributed by atoms with van der Waals surface area (Å²) >= 11 is 0. The minimum absolute atomic E-state index is 0.682. The Bertz CT molecular complexity index is 1090. The fraction of sp³-hybridized carbons (Fsp3) is 0.385. The number of benzene rings is 2. The van der Waals surface area contributed by atoms with Gasteiger partial charge in [0.2, 0.25) is 0 Å². The van der Waals surface area contributed by atoms with E-state index >= 15 is 0 Å². The van der Waals surface area contributed by atoms with Crippen molar-refractivity contribution in [3.63, 3.8) is 0 Å². The first-order chi connectivity index (χ1) is 15.2. The molecule has 3 aromatic rings. The van der Waals surface area contributed by atoms with Crippen LogP contribution in [0.1, 0.15) is 48.6 Å². The van der Waals surface area contributed by atoms with Crippen LogP contribution < -0.4 is 10.2 Å². The van der Waals surface area contributed by atoms with Crippen molar-refractivity contribution in [1.29, 1.82) is 5.26 Å². The first-order valence-corrected chi connectivity index (χ1v) is 11.1. The summed E-state index contributed by atoms with van der Waals surface area (Å²) in [7, 11) is 2.08. The van der Waals surface area contributed by atoms with Crippen LogP contribution in [0.2, 0.25) is 0 Å². The number of aryl methyl sites for hydroxylation is 1. The molecule has 5 heteroatoms. The average molecular weight is 415 g/mol. The van der Waals surface area contributed by atoms with E-state index in [4.69, 9.17) is 9.78 Å². The highest BCUT2D eigenvalue weighted by Crippen LogP contribution is 2.33. The first kappa shape index (κ1) is 21.1. The van der Waals surface area contributed by atoms with Crippen LogP contribution in [0.25, 0.3) is 17.0 Å². The molecular formula is C26H30N4O. The zero-order valence-corrected chi connectivity index (χ0v) is 18.4. The number of nitrogens with zero attached hydrogens (tertiary/aromatic N) is 3. The van der Waals surface area contributed by atoms with Crippen LogP contribution in [-0.2, 0) is 13.0 Å². The highest BCUT2D eigenvalue weighted by atomic mass is 16.5. The van der Waals surface area contributed by atoms with Gasteiger partial charge in [-0.05, 0) is 81.4 Å². The van der Waals surface area contributed by atoms with Gasteiger partial charge in [0, 0.05) is 30.2 Å². The third-order valence-electron chi connectivity index (χ3n) is 6.23. The fourth-order valence-electron chi connectivity index (χ4n) is 4.46. The van der Waals surface area contributed by atoms with Crippen LogP contribution in [0.15, 0.2) is 47.0 Å². The Kier molecular flexibility index (Phi) is 6.69. The Morgan fingerprint density at radius 3 is 2.68 bits per heavy atom. The molecule has 1 N–H and O–H groups in total. The number of fused-ring (bicyclic) bond motifs is 1. The largest absolute Gasteiger partial charge is 0.370 e. The SMILES string of the molecule is C/C=C/c1c(N(C)Cc2ccc(C#N)cc2)ccc2c(CCC3CCNCC3)noc12. The molecule has 2 heterocycles. The van der Waals surface area contributed by atoms with E-state index in [0.29, 0.717) is 5.56 Å². The van der Waals surface area contributed by atoms with E-state index in [1.54, 1.807) is 0 Å². The Morgan fingerprint density at radius 1 is 1.19 bits per heavy atom. The number of hydrogen-bond acceptors (Lipinski definition) is 5. The summed E-state index contributed by atoms with van der Waals surface area (Å²) in [6.07, 6.45) is 8.80. The van der Waals surface area contributed by atoms with Crippen molar-refractivity contribution < 1.29 is 4.52 Å². The topological polar surface area (TPSA) is 65.1 Å². The zero-order valence-electron chi connectivity index (χ0n) is 18.4. The maximum atomic E-state index is 9.01. The molecule has 0 amide bonds. The second kappa shape index (κ2) is 9.80. The predicted molar refractivity (Wildman–Crippen MR) is 126 cm³/mol. The molecular weight excluding hydrogens is 384 g/mol. The molecule has 5 nitrogen and oxygen atoms in total. The molecule has 0 spiro atoms. The summed E-state index contributed by atoms with van der Waals surface area (Å²) in [4.78, 5) is 2.22. The molecule has 0 atom stereocenters. The number of rotatable bonds is 7. The third-order valence-corrected chi connectivity index (χ3v) is 6.23. The molecule has 0 saturated carbocycles. The lowest BCUT2D eigenvalue weighted by Crippen LogP contribution is -2.27. The molecule has 1 fully saturated rings. The molecule has 0 unspecified atom stereocenters. The lowest BCUT2D eigenvalue weighted by Gasteiger charge is -2.22. The number of aromatic nitrogens is 1. The van der Waals surface area contributed by atoms with Gasteiger partial charge in [-0.25, -0.2) is 0 Å². The Labute approximate surface area is 184 Å². The molecule has 2 aromatic carbocycles. The molecule has 1 aliphatic rings. The smallest absolute Gasteiger partial charge is 0.176 e. The number of hydrogen-bond donors (Lipinski definition) is 1. The normalized spacial score (nSPS) is 14.9. The number of allylic oxidation sites excluding steroid dienone is 1. The summed E-state index contributed by atoms with van der Waals surface area (Å²) in [5.74, 6) is 0.779. The van der Waals surface area contributed by atoms with E-state index < -0.39 is 0 Å². The van der Waals surface area contributed by atoms with Gasteiger partial charge in [-0.1, -0.05) is 29.4 Å². The lowest BCUT2D eigenvalue weighted by molar-refractivity contribution is 0.350. The highest BCUT2D eigenvalue weighted by molar-refractivity contribution is 5.93. The number of anilines is 1. The van der Waals surface area contributed by atoms with Crippen molar-refractivity contribution in [2.24, 2.45) is 5.92 Å². The van der Waals surface area contributed by atoms with Gasteiger partial charge in [0.1, 0.15) is 0 Å². The van der Waals surface area contributed by atoms with E-state index in [1.807, 2.05) is 37.3 Å². The first-order valence-electron chi connectivity index (χ1n) is 11.1. The van der Waals surface area contributed by atoms with Crippen LogP contribution in [-0.4, -0.2) is 25.3 Å². The average Bonchev–Trinajstić information content (AvgIpc) is 3.22. The van der Waals surface area contributed by atoms with Gasteiger partial charge in [-0.3, -0.25) is 0 Å². The quantitative estimate of drug-likeness (QED) is 0.568. The van der Waals surface area contributed by atoms with Crippen molar-refractivity contribution in [3.8, 4) is 6.07 Å². The van der Waals surface area contributed by atoms with Crippen LogP contribution in [0.4, 0.5) is 5.69 Å². The second-order valence-electron chi connectivity index (χ2n) is 8.40. The van der Waals surface area contributed by atoms with Gasteiger partial charge < -0.3 is 14.7 Å². The highest BCUT2D eigenvalue weighted by Gasteiger charge is 2.19. The minimum Gasteiger partial charge on any atom is -0.370 e. The van der Waals surface area contributed by atoms with Crippen molar-refractivity contribution >= 4 is 22.7 Å². The second-order valence-corrected chi connectivity index (χ2v) is 8.40. The van der Waals surface area contributed by atoms with Gasteiger partial charge in [0.15, 0.2) is 5.58 Å². The fourth-order valence-corrected chi connectivity index (χ4v) is 4.46. The minimum atomic E-state index is 0.682. The van der Waals surface area contributed by atoms with E-state index in [1.165, 1.54) is 19.3 Å². The van der Waals surface area contributed by atoms with Crippen LogP contribution >= 0.6 is 0 Å². The van der Waals surface area contributed by atoms with Gasteiger partial charge in [-0.2, -0.15) is 5.26 Å². The van der Waals surface area contributed by atoms with E-state index in [0.717, 1.165) is 65.5 Å². The van der Waals surface area contributed by atoms with E-state index in [-0.39, 0.29) is 0 Å². The number of nitrogens with one attached hydrogen (secondary N) is 1. The van der Waals surface area contributed by atoms with Crippen molar-refractivity contribution in [3.05, 3.63) is 64.9 Å². The van der Waals surface area contributed by atoms with E-state index in [2.05, 4.69) is 46.7 Å². The third kappa shape index (κ3) is 4.81. The maximum absolute atomic E-state index is 9.01. The van der Waals surface area contributed by atoms with Gasteiger partial charge >= 0.3 is 0 Å². The summed E-state index contributed by atoms with van der Waals surface area (Å²) in [6.45, 7) is 5.03. The molecule has 160 valence electrons. The summed E-state index contributed by atoms with van der Waals surface area (Å²) in [5, 5.41) is 18.0. The maximum Gasteiger partial charge on any atom is 0.176 e. The molecule has 1 saturated heterocycles. The van der Waals surface area contributed by atoms with Crippen molar-refractivity contribution in [2.45, 2.75) is 39.2 Å². The summed E-state index contributed by atoms with van der Waals surface area (Å²) < 4.78 is 5.87. The van der Waals surface area contributed by atoms with Crippen molar-refractivity contribution in [2.75, 3.05) is 25.0 Å². The molecule has 0 radical (unpaired) electrons. The number of nitriles is 1.